The smallest absolute Gasteiger partial charge is 0.373 e. The molecule has 0 aromatic rings. The summed E-state index contributed by atoms with van der Waals surface area (Å²) >= 11 is 0. The van der Waals surface area contributed by atoms with Gasteiger partial charge >= 0.3 is 8.80 Å². The van der Waals surface area contributed by atoms with E-state index in [-0.39, 0.29) is 5.67 Å². The van der Waals surface area contributed by atoms with Crippen LogP contribution in [0.5, 0.6) is 0 Å². The average Bonchev–Trinajstić information content (AvgIpc) is 2.52. The van der Waals surface area contributed by atoms with Crippen molar-refractivity contribution < 1.29 is 13.3 Å². The minimum absolute atomic E-state index is 0.261. The fourth-order valence-corrected chi connectivity index (χ4v) is 6.15. The lowest BCUT2D eigenvalue weighted by Crippen LogP contribution is -2.63. The molecule has 0 aromatic heterocycles. The molecule has 0 aromatic carbocycles. The Labute approximate surface area is 133 Å². The van der Waals surface area contributed by atoms with E-state index in [0.29, 0.717) is 0 Å². The Hall–Kier alpha value is 0.0569. The van der Waals surface area contributed by atoms with Gasteiger partial charge in [-0.3, -0.25) is 4.90 Å². The topological polar surface area (TPSA) is 30.9 Å². The van der Waals surface area contributed by atoms with Gasteiger partial charge in [-0.1, -0.05) is 41.5 Å². The molecule has 4 nitrogen and oxygen atoms in total. The number of hydrogen-bond acceptors (Lipinski definition) is 4. The Balaban J connectivity index is 5.30. The molecule has 0 fully saturated rings. The van der Waals surface area contributed by atoms with Gasteiger partial charge in [-0.05, 0) is 38.8 Å². The monoisotopic (exact) mass is 319 g/mol. The van der Waals surface area contributed by atoms with Crippen molar-refractivity contribution in [2.75, 3.05) is 32.9 Å². The van der Waals surface area contributed by atoms with Crippen LogP contribution in [0.2, 0.25) is 0 Å². The number of nitrogens with zero attached hydrogens (tertiary/aromatic N) is 1. The number of rotatable bonds is 14. The van der Waals surface area contributed by atoms with Crippen LogP contribution in [0.25, 0.3) is 0 Å². The average molecular weight is 320 g/mol. The zero-order chi connectivity index (χ0) is 16.1. The first kappa shape index (κ1) is 21.1. The highest BCUT2D eigenvalue weighted by molar-refractivity contribution is 6.62. The van der Waals surface area contributed by atoms with Crippen molar-refractivity contribution in [3.8, 4) is 0 Å². The predicted octanol–water partition coefficient (Wildman–Crippen LogP) is 3.86. The van der Waals surface area contributed by atoms with Crippen LogP contribution in [-0.2, 0) is 13.3 Å². The fourth-order valence-electron chi connectivity index (χ4n) is 2.54. The predicted molar refractivity (Wildman–Crippen MR) is 91.5 cm³/mol. The maximum atomic E-state index is 6.27. The zero-order valence-electron chi connectivity index (χ0n) is 15.1. The Morgan fingerprint density at radius 3 is 1.33 bits per heavy atom. The van der Waals surface area contributed by atoms with E-state index < -0.39 is 8.80 Å². The lowest BCUT2D eigenvalue weighted by molar-refractivity contribution is 0.0262. The van der Waals surface area contributed by atoms with Gasteiger partial charge in [0.05, 0.1) is 5.67 Å². The summed E-state index contributed by atoms with van der Waals surface area (Å²) in [7, 11) is -2.67. The molecule has 0 bridgehead atoms. The summed E-state index contributed by atoms with van der Waals surface area (Å²) in [4.78, 5) is 2.44. The molecule has 0 spiro atoms. The molecule has 0 rings (SSSR count). The summed E-state index contributed by atoms with van der Waals surface area (Å²) in [5.74, 6) is 0. The molecule has 5 heteroatoms. The second-order valence-corrected chi connectivity index (χ2v) is 8.03. The van der Waals surface area contributed by atoms with Crippen molar-refractivity contribution in [2.45, 2.75) is 72.9 Å². The Kier molecular flexibility index (Phi) is 12.6. The maximum Gasteiger partial charge on any atom is 0.519 e. The van der Waals surface area contributed by atoms with Crippen LogP contribution in [0, 0.1) is 0 Å². The maximum absolute atomic E-state index is 6.27. The van der Waals surface area contributed by atoms with Crippen molar-refractivity contribution in [3.05, 3.63) is 0 Å². The summed E-state index contributed by atoms with van der Waals surface area (Å²) < 4.78 is 18.8. The molecular weight excluding hydrogens is 282 g/mol. The second kappa shape index (κ2) is 12.6. The third-order valence-corrected chi connectivity index (χ3v) is 6.98. The van der Waals surface area contributed by atoms with E-state index in [1.165, 1.54) is 0 Å². The van der Waals surface area contributed by atoms with E-state index in [1.807, 2.05) is 0 Å². The lowest BCUT2D eigenvalue weighted by Gasteiger charge is -2.40. The minimum atomic E-state index is -2.67. The van der Waals surface area contributed by atoms with Crippen LogP contribution >= 0.6 is 0 Å². The molecule has 0 aliphatic heterocycles. The van der Waals surface area contributed by atoms with Gasteiger partial charge in [0.15, 0.2) is 0 Å². The van der Waals surface area contributed by atoms with Crippen molar-refractivity contribution >= 4 is 8.80 Å². The van der Waals surface area contributed by atoms with E-state index in [4.69, 9.17) is 13.3 Å². The third-order valence-electron chi connectivity index (χ3n) is 3.57. The fraction of sp³-hybridized carbons (Fsp3) is 1.00. The molecule has 1 unspecified atom stereocenters. The molecule has 21 heavy (non-hydrogen) atoms. The van der Waals surface area contributed by atoms with Gasteiger partial charge in [-0.2, -0.15) is 0 Å². The van der Waals surface area contributed by atoms with Gasteiger partial charge in [0.25, 0.3) is 0 Å². The lowest BCUT2D eigenvalue weighted by atomic mass is 10.4. The van der Waals surface area contributed by atoms with Crippen LogP contribution in [0.3, 0.4) is 0 Å². The molecule has 0 aliphatic carbocycles. The highest BCUT2D eigenvalue weighted by Gasteiger charge is 2.50. The van der Waals surface area contributed by atoms with Crippen LogP contribution in [0.15, 0.2) is 0 Å². The van der Waals surface area contributed by atoms with Gasteiger partial charge in [0.1, 0.15) is 0 Å². The summed E-state index contributed by atoms with van der Waals surface area (Å²) in [5.41, 5.74) is 0.261. The first-order valence-corrected chi connectivity index (χ1v) is 10.6. The molecule has 1 atom stereocenters. The van der Waals surface area contributed by atoms with Crippen molar-refractivity contribution in [1.82, 2.24) is 4.90 Å². The van der Waals surface area contributed by atoms with E-state index in [0.717, 1.165) is 58.6 Å². The largest absolute Gasteiger partial charge is 0.519 e. The van der Waals surface area contributed by atoms with Gasteiger partial charge in [0, 0.05) is 19.8 Å². The normalized spacial score (nSPS) is 13.9. The highest BCUT2D eigenvalue weighted by atomic mass is 28.4. The van der Waals surface area contributed by atoms with Gasteiger partial charge < -0.3 is 13.3 Å². The molecule has 0 aliphatic rings. The first-order chi connectivity index (χ1) is 10.2. The SMILES string of the molecule is CCCO[Si](OCCC)(OCCC)C(CC)N(CC)CC. The van der Waals surface area contributed by atoms with Crippen LogP contribution in [0.4, 0.5) is 0 Å². The van der Waals surface area contributed by atoms with E-state index in [9.17, 15) is 0 Å². The summed E-state index contributed by atoms with van der Waals surface area (Å²) in [6.07, 6.45) is 3.99. The van der Waals surface area contributed by atoms with Gasteiger partial charge in [0.2, 0.25) is 0 Å². The van der Waals surface area contributed by atoms with E-state index >= 15 is 0 Å². The van der Waals surface area contributed by atoms with Crippen LogP contribution in [-0.4, -0.2) is 52.3 Å². The second-order valence-electron chi connectivity index (χ2n) is 5.29. The van der Waals surface area contributed by atoms with E-state index in [2.05, 4.69) is 46.4 Å². The zero-order valence-corrected chi connectivity index (χ0v) is 16.1. The summed E-state index contributed by atoms with van der Waals surface area (Å²) in [6.45, 7) is 17.2. The van der Waals surface area contributed by atoms with Crippen molar-refractivity contribution in [1.29, 1.82) is 0 Å². The van der Waals surface area contributed by atoms with Gasteiger partial charge in [-0.25, -0.2) is 0 Å². The van der Waals surface area contributed by atoms with Crippen LogP contribution < -0.4 is 0 Å². The molecule has 0 radical (unpaired) electrons. The first-order valence-electron chi connectivity index (χ1n) is 8.81. The Bertz CT molecular complexity index is 216. The van der Waals surface area contributed by atoms with Crippen molar-refractivity contribution in [2.24, 2.45) is 0 Å². The molecule has 0 saturated carbocycles. The molecule has 0 N–H and O–H groups in total. The molecule has 128 valence electrons. The van der Waals surface area contributed by atoms with Crippen LogP contribution in [0.1, 0.15) is 67.2 Å². The minimum Gasteiger partial charge on any atom is -0.373 e. The molecule has 0 heterocycles. The third kappa shape index (κ3) is 6.78. The standard InChI is InChI=1S/C16H37NO3Si/c1-7-13-18-21(19-14-8-2,20-15-9-3)16(10-4)17(11-5)12-6/h16H,7-15H2,1-6H3. The van der Waals surface area contributed by atoms with Gasteiger partial charge in [-0.15, -0.1) is 0 Å². The quantitative estimate of drug-likeness (QED) is 0.455. The summed E-state index contributed by atoms with van der Waals surface area (Å²) in [6, 6.07) is 0. The molecular formula is C16H37NO3Si. The molecule has 0 amide bonds. The Morgan fingerprint density at radius 2 is 1.10 bits per heavy atom. The summed E-state index contributed by atoms with van der Waals surface area (Å²) in [5, 5.41) is 0. The van der Waals surface area contributed by atoms with E-state index in [1.54, 1.807) is 0 Å². The number of hydrogen-bond donors (Lipinski definition) is 0. The molecule has 0 saturated heterocycles. The Morgan fingerprint density at radius 1 is 0.714 bits per heavy atom. The van der Waals surface area contributed by atoms with Crippen molar-refractivity contribution in [3.63, 3.8) is 0 Å². The highest BCUT2D eigenvalue weighted by Crippen LogP contribution is 2.23.